The first-order valence-corrected chi connectivity index (χ1v) is 7.19. The zero-order valence-corrected chi connectivity index (χ0v) is 14.3. The van der Waals surface area contributed by atoms with Crippen molar-refractivity contribution in [3.8, 4) is 0 Å². The maximum atomic E-state index is 12.8. The van der Waals surface area contributed by atoms with Crippen molar-refractivity contribution >= 4 is 30.7 Å². The molecule has 3 heterocycles. The number of nitrogens with one attached hydrogen (secondary N) is 2. The molecular weight excluding hydrogens is 337 g/mol. The number of piperidine rings is 1. The molecule has 23 heavy (non-hydrogen) atoms. The van der Waals surface area contributed by atoms with E-state index in [1.165, 1.54) is 0 Å². The van der Waals surface area contributed by atoms with Crippen LogP contribution in [0.15, 0.2) is 43.0 Å². The van der Waals surface area contributed by atoms with E-state index in [9.17, 15) is 4.79 Å². The zero-order chi connectivity index (χ0) is 14.5. The highest BCUT2D eigenvalue weighted by Crippen LogP contribution is 2.27. The number of hydrogen-bond acceptors (Lipinski definition) is 4. The minimum absolute atomic E-state index is 0. The predicted molar refractivity (Wildman–Crippen MR) is 92.9 cm³/mol. The van der Waals surface area contributed by atoms with Gasteiger partial charge < -0.3 is 10.6 Å². The first kappa shape index (κ1) is 19.4. The molecule has 1 amide bonds. The van der Waals surface area contributed by atoms with Crippen LogP contribution in [-0.4, -0.2) is 33.8 Å². The molecule has 1 fully saturated rings. The van der Waals surface area contributed by atoms with Gasteiger partial charge >= 0.3 is 0 Å². The highest BCUT2D eigenvalue weighted by molar-refractivity contribution is 5.85. The SMILES string of the molecule is Cl.Cl.O=C(NCc1cccnc1)C1(n2cccn2)CCNCC1. The lowest BCUT2D eigenvalue weighted by molar-refractivity contribution is -0.132. The molecule has 1 saturated heterocycles. The van der Waals surface area contributed by atoms with Gasteiger partial charge in [0.15, 0.2) is 0 Å². The van der Waals surface area contributed by atoms with Gasteiger partial charge in [-0.15, -0.1) is 24.8 Å². The van der Waals surface area contributed by atoms with Crippen molar-refractivity contribution in [2.24, 2.45) is 0 Å². The molecule has 0 unspecified atom stereocenters. The van der Waals surface area contributed by atoms with E-state index in [1.807, 2.05) is 24.4 Å². The molecule has 0 bridgehead atoms. The van der Waals surface area contributed by atoms with Crippen molar-refractivity contribution in [1.82, 2.24) is 25.4 Å². The van der Waals surface area contributed by atoms with Gasteiger partial charge in [-0.05, 0) is 43.6 Å². The smallest absolute Gasteiger partial charge is 0.248 e. The quantitative estimate of drug-likeness (QED) is 0.869. The molecule has 2 aromatic rings. The molecule has 0 aromatic carbocycles. The Kier molecular flexibility index (Phi) is 7.48. The summed E-state index contributed by atoms with van der Waals surface area (Å²) in [7, 11) is 0. The Balaban J connectivity index is 0.00000132. The number of nitrogens with zero attached hydrogens (tertiary/aromatic N) is 3. The normalized spacial score (nSPS) is 15.8. The molecule has 3 rings (SSSR count). The van der Waals surface area contributed by atoms with Gasteiger partial charge in [-0.1, -0.05) is 6.07 Å². The largest absolute Gasteiger partial charge is 0.350 e. The number of halogens is 2. The summed E-state index contributed by atoms with van der Waals surface area (Å²) in [4.78, 5) is 16.8. The van der Waals surface area contributed by atoms with E-state index in [0.29, 0.717) is 6.54 Å². The minimum Gasteiger partial charge on any atom is -0.350 e. The zero-order valence-electron chi connectivity index (χ0n) is 12.6. The van der Waals surface area contributed by atoms with Gasteiger partial charge in [0.1, 0.15) is 5.54 Å². The molecule has 0 saturated carbocycles. The van der Waals surface area contributed by atoms with Gasteiger partial charge in [0, 0.05) is 31.3 Å². The fraction of sp³-hybridized carbons (Fsp3) is 0.400. The number of aromatic nitrogens is 3. The summed E-state index contributed by atoms with van der Waals surface area (Å²) in [6, 6.07) is 5.68. The Bertz CT molecular complexity index is 585. The maximum Gasteiger partial charge on any atom is 0.248 e. The number of hydrogen-bond donors (Lipinski definition) is 2. The summed E-state index contributed by atoms with van der Waals surface area (Å²) in [6.45, 7) is 2.13. The van der Waals surface area contributed by atoms with Crippen LogP contribution in [0.5, 0.6) is 0 Å². The van der Waals surface area contributed by atoms with E-state index < -0.39 is 5.54 Å². The van der Waals surface area contributed by atoms with Crippen LogP contribution in [0.1, 0.15) is 18.4 Å². The highest BCUT2D eigenvalue weighted by atomic mass is 35.5. The van der Waals surface area contributed by atoms with Crippen molar-refractivity contribution in [1.29, 1.82) is 0 Å². The van der Waals surface area contributed by atoms with Gasteiger partial charge in [-0.3, -0.25) is 14.5 Å². The van der Waals surface area contributed by atoms with Crippen molar-refractivity contribution < 1.29 is 4.79 Å². The van der Waals surface area contributed by atoms with E-state index in [4.69, 9.17) is 0 Å². The number of carbonyl (C=O) groups is 1. The van der Waals surface area contributed by atoms with Crippen LogP contribution in [0.3, 0.4) is 0 Å². The molecule has 0 radical (unpaired) electrons. The Morgan fingerprint density at radius 3 is 2.65 bits per heavy atom. The average molecular weight is 358 g/mol. The Morgan fingerprint density at radius 1 is 1.26 bits per heavy atom. The number of pyridine rings is 1. The molecule has 1 aliphatic heterocycles. The molecule has 1 aliphatic rings. The predicted octanol–water partition coefficient (Wildman–Crippen LogP) is 1.52. The molecule has 126 valence electrons. The minimum atomic E-state index is -0.586. The Morgan fingerprint density at radius 2 is 2.04 bits per heavy atom. The summed E-state index contributed by atoms with van der Waals surface area (Å²) < 4.78 is 1.80. The molecule has 0 atom stereocenters. The Labute approximate surface area is 147 Å². The van der Waals surface area contributed by atoms with Gasteiger partial charge in [0.25, 0.3) is 0 Å². The number of amides is 1. The summed E-state index contributed by atoms with van der Waals surface area (Å²) in [5, 5.41) is 10.6. The lowest BCUT2D eigenvalue weighted by Gasteiger charge is -2.36. The summed E-state index contributed by atoms with van der Waals surface area (Å²) in [5.41, 5.74) is 0.409. The molecule has 2 N–H and O–H groups in total. The molecule has 8 heteroatoms. The molecule has 0 aliphatic carbocycles. The van der Waals surface area contributed by atoms with E-state index >= 15 is 0 Å². The second-order valence-electron chi connectivity index (χ2n) is 5.28. The standard InChI is InChI=1S/C15H19N5O.2ClH/c21-14(18-12-13-3-1-6-17-11-13)15(4-8-16-9-5-15)20-10-2-7-19-20;;/h1-3,6-7,10-11,16H,4-5,8-9,12H2,(H,18,21);2*1H. The second kappa shape index (κ2) is 8.86. The van der Waals surface area contributed by atoms with Crippen LogP contribution in [0.25, 0.3) is 0 Å². The molecular formula is C15H21Cl2N5O. The van der Waals surface area contributed by atoms with Crippen LogP contribution in [-0.2, 0) is 16.9 Å². The maximum absolute atomic E-state index is 12.8. The third kappa shape index (κ3) is 4.22. The van der Waals surface area contributed by atoms with Gasteiger partial charge in [0.2, 0.25) is 5.91 Å². The third-order valence-electron chi connectivity index (χ3n) is 3.97. The first-order chi connectivity index (χ1) is 10.3. The fourth-order valence-electron chi connectivity index (χ4n) is 2.77. The molecule has 2 aromatic heterocycles. The summed E-state index contributed by atoms with van der Waals surface area (Å²) in [6.07, 6.45) is 8.57. The van der Waals surface area contributed by atoms with E-state index in [0.717, 1.165) is 31.5 Å². The fourth-order valence-corrected chi connectivity index (χ4v) is 2.77. The van der Waals surface area contributed by atoms with E-state index in [2.05, 4.69) is 20.7 Å². The van der Waals surface area contributed by atoms with Crippen LogP contribution in [0.4, 0.5) is 0 Å². The number of carbonyl (C=O) groups excluding carboxylic acids is 1. The van der Waals surface area contributed by atoms with E-state index in [1.54, 1.807) is 23.3 Å². The van der Waals surface area contributed by atoms with E-state index in [-0.39, 0.29) is 30.7 Å². The van der Waals surface area contributed by atoms with Crippen molar-refractivity contribution in [3.63, 3.8) is 0 Å². The average Bonchev–Trinajstić information content (AvgIpc) is 3.09. The second-order valence-corrected chi connectivity index (χ2v) is 5.28. The molecule has 0 spiro atoms. The van der Waals surface area contributed by atoms with Crippen LogP contribution >= 0.6 is 24.8 Å². The third-order valence-corrected chi connectivity index (χ3v) is 3.97. The summed E-state index contributed by atoms with van der Waals surface area (Å²) >= 11 is 0. The van der Waals surface area contributed by atoms with Gasteiger partial charge in [-0.2, -0.15) is 5.10 Å². The highest BCUT2D eigenvalue weighted by Gasteiger charge is 2.41. The van der Waals surface area contributed by atoms with Gasteiger partial charge in [-0.25, -0.2) is 0 Å². The summed E-state index contributed by atoms with van der Waals surface area (Å²) in [5.74, 6) is 0.0246. The monoisotopic (exact) mass is 357 g/mol. The lowest BCUT2D eigenvalue weighted by Crippen LogP contribution is -2.54. The molecule has 6 nitrogen and oxygen atoms in total. The number of rotatable bonds is 4. The van der Waals surface area contributed by atoms with Crippen LogP contribution in [0, 0.1) is 0 Å². The van der Waals surface area contributed by atoms with Crippen molar-refractivity contribution in [3.05, 3.63) is 48.5 Å². The topological polar surface area (TPSA) is 71.8 Å². The van der Waals surface area contributed by atoms with Crippen LogP contribution in [0.2, 0.25) is 0 Å². The first-order valence-electron chi connectivity index (χ1n) is 7.19. The van der Waals surface area contributed by atoms with Crippen molar-refractivity contribution in [2.75, 3.05) is 13.1 Å². The lowest BCUT2D eigenvalue weighted by atomic mass is 9.87. The van der Waals surface area contributed by atoms with Crippen LogP contribution < -0.4 is 10.6 Å². The van der Waals surface area contributed by atoms with Crippen molar-refractivity contribution in [2.45, 2.75) is 24.9 Å². The van der Waals surface area contributed by atoms with Gasteiger partial charge in [0.05, 0.1) is 0 Å². The Hall–Kier alpha value is -1.63.